The van der Waals surface area contributed by atoms with Crippen molar-refractivity contribution in [2.45, 2.75) is 49.9 Å². The van der Waals surface area contributed by atoms with E-state index in [0.717, 1.165) is 22.9 Å². The minimum Gasteiger partial charge on any atom is -0.426 e. The minimum absolute atomic E-state index is 0.228. The molecule has 0 spiro atoms. The molecule has 2 aromatic rings. The smallest absolute Gasteiger partial charge is 0.426 e. The molecule has 17 heteroatoms. The summed E-state index contributed by atoms with van der Waals surface area (Å²) in [6, 6.07) is -3.29. The topological polar surface area (TPSA) is 178 Å². The van der Waals surface area contributed by atoms with Gasteiger partial charge in [0.05, 0.1) is 12.1 Å². The van der Waals surface area contributed by atoms with Crippen molar-refractivity contribution in [3.63, 3.8) is 0 Å². The van der Waals surface area contributed by atoms with Gasteiger partial charge in [-0.05, 0) is 25.7 Å². The molecule has 0 aliphatic carbocycles. The molecule has 16 nitrogen and oxygen atoms in total. The Kier molecular flexibility index (Phi) is 4.53. The third kappa shape index (κ3) is 3.30. The molecule has 0 aromatic carbocycles. The average molecular weight is 482 g/mol. The predicted molar refractivity (Wildman–Crippen MR) is 99.1 cm³/mol. The summed E-state index contributed by atoms with van der Waals surface area (Å²) in [7, 11) is -4.78. The second kappa shape index (κ2) is 7.35. The fourth-order valence-corrected chi connectivity index (χ4v) is 5.63. The molecule has 0 radical (unpaired) electrons. The van der Waals surface area contributed by atoms with Crippen LogP contribution in [0.2, 0.25) is 0 Å². The monoisotopic (exact) mass is 482 g/mol. The molecule has 4 unspecified atom stereocenters. The number of rotatable bonds is 6. The van der Waals surface area contributed by atoms with Gasteiger partial charge in [0.25, 0.3) is 0 Å². The number of carbonyl (C=O) groups is 2. The van der Waals surface area contributed by atoms with Gasteiger partial charge in [-0.15, -0.1) is 29.0 Å². The zero-order valence-electron chi connectivity index (χ0n) is 17.0. The standard InChI is InChI=1S/C16H18N8O8S/c25-15-21-5-9(1-3-11(21)13-19-17-7-29-13)23(15)31-33(27,28)32-24-10-2-4-12(14-20-18-8-30-14)22(6-10)16(24)26/h7-12H,1-6H2. The predicted octanol–water partition coefficient (Wildman–Crippen LogP) is 0.143. The molecule has 33 heavy (non-hydrogen) atoms. The molecule has 4 saturated heterocycles. The first kappa shape index (κ1) is 20.3. The average Bonchev–Trinajstić information content (AvgIpc) is 3.60. The Morgan fingerprint density at radius 1 is 0.788 bits per heavy atom. The van der Waals surface area contributed by atoms with E-state index in [4.69, 9.17) is 17.4 Å². The molecule has 6 heterocycles. The second-order valence-electron chi connectivity index (χ2n) is 8.13. The molecular weight excluding hydrogens is 464 g/mol. The summed E-state index contributed by atoms with van der Waals surface area (Å²) in [6.07, 6.45) is 4.23. The van der Waals surface area contributed by atoms with E-state index in [1.165, 1.54) is 9.80 Å². The van der Waals surface area contributed by atoms with E-state index in [2.05, 4.69) is 20.4 Å². The molecule has 4 atom stereocenters. The number of nitrogens with zero attached hydrogens (tertiary/aromatic N) is 8. The van der Waals surface area contributed by atoms with E-state index in [1.807, 2.05) is 0 Å². The Balaban J connectivity index is 1.15. The van der Waals surface area contributed by atoms with Gasteiger partial charge in [-0.25, -0.2) is 9.59 Å². The minimum atomic E-state index is -4.78. The van der Waals surface area contributed by atoms with E-state index in [9.17, 15) is 18.0 Å². The molecule has 4 fully saturated rings. The Labute approximate surface area is 186 Å². The number of hydrogen-bond donors (Lipinski definition) is 0. The highest BCUT2D eigenvalue weighted by atomic mass is 32.3. The summed E-state index contributed by atoms with van der Waals surface area (Å²) >= 11 is 0. The van der Waals surface area contributed by atoms with Gasteiger partial charge in [0.1, 0.15) is 12.1 Å². The molecule has 0 N–H and O–H groups in total. The lowest BCUT2D eigenvalue weighted by atomic mass is 10.0. The lowest BCUT2D eigenvalue weighted by molar-refractivity contribution is -0.0841. The highest BCUT2D eigenvalue weighted by molar-refractivity contribution is 7.81. The van der Waals surface area contributed by atoms with Crippen molar-refractivity contribution in [2.75, 3.05) is 13.1 Å². The van der Waals surface area contributed by atoms with Crippen LogP contribution in [0.3, 0.4) is 0 Å². The summed E-state index contributed by atoms with van der Waals surface area (Å²) < 4.78 is 45.8. The fraction of sp³-hybridized carbons (Fsp3) is 0.625. The number of fused-ring (bicyclic) bond motifs is 4. The van der Waals surface area contributed by atoms with Crippen LogP contribution in [0.4, 0.5) is 9.59 Å². The quantitative estimate of drug-likeness (QED) is 0.545. The van der Waals surface area contributed by atoms with Gasteiger partial charge in [0.15, 0.2) is 0 Å². The number of carbonyl (C=O) groups excluding carboxylic acids is 2. The van der Waals surface area contributed by atoms with Crippen LogP contribution in [0.1, 0.15) is 49.5 Å². The summed E-state index contributed by atoms with van der Waals surface area (Å²) in [5.74, 6) is 0.532. The fourth-order valence-electron chi connectivity index (χ4n) is 4.84. The molecule has 4 bridgehead atoms. The molecule has 176 valence electrons. The molecule has 4 aliphatic heterocycles. The van der Waals surface area contributed by atoms with E-state index in [1.54, 1.807) is 0 Å². The van der Waals surface area contributed by atoms with Crippen LogP contribution < -0.4 is 0 Å². The van der Waals surface area contributed by atoms with Crippen molar-refractivity contribution in [2.24, 2.45) is 0 Å². The molecule has 4 amide bonds. The zero-order valence-corrected chi connectivity index (χ0v) is 17.8. The number of piperidine rings is 2. The molecule has 2 aromatic heterocycles. The van der Waals surface area contributed by atoms with Gasteiger partial charge in [0.2, 0.25) is 24.6 Å². The summed E-state index contributed by atoms with van der Waals surface area (Å²) in [4.78, 5) is 28.5. The number of amides is 4. The van der Waals surface area contributed by atoms with Gasteiger partial charge < -0.3 is 18.6 Å². The van der Waals surface area contributed by atoms with Crippen LogP contribution in [0.15, 0.2) is 21.6 Å². The van der Waals surface area contributed by atoms with Crippen molar-refractivity contribution in [1.82, 2.24) is 40.3 Å². The third-order valence-corrected chi connectivity index (χ3v) is 7.00. The van der Waals surface area contributed by atoms with Crippen LogP contribution in [-0.4, -0.2) is 86.0 Å². The highest BCUT2D eigenvalue weighted by Gasteiger charge is 2.52. The van der Waals surface area contributed by atoms with Gasteiger partial charge in [-0.1, -0.05) is 0 Å². The maximum Gasteiger partial charge on any atom is 0.442 e. The third-order valence-electron chi connectivity index (χ3n) is 6.31. The number of aromatic nitrogens is 4. The van der Waals surface area contributed by atoms with Crippen LogP contribution in [0.25, 0.3) is 0 Å². The Morgan fingerprint density at radius 2 is 1.24 bits per heavy atom. The highest BCUT2D eigenvalue weighted by Crippen LogP contribution is 2.40. The zero-order chi connectivity index (χ0) is 22.7. The van der Waals surface area contributed by atoms with E-state index >= 15 is 0 Å². The summed E-state index contributed by atoms with van der Waals surface area (Å²) in [5, 5.41) is 16.5. The second-order valence-corrected chi connectivity index (χ2v) is 9.24. The van der Waals surface area contributed by atoms with E-state index < -0.39 is 46.6 Å². The van der Waals surface area contributed by atoms with E-state index in [-0.39, 0.29) is 24.9 Å². The van der Waals surface area contributed by atoms with E-state index in [0.29, 0.717) is 25.7 Å². The molecule has 4 aliphatic rings. The SMILES string of the molecule is O=C1N2CC(CCC2c2nnco2)N1OS(=O)(=O)ON1C(=O)N2CC1CCC2c1nnco1. The number of urea groups is 2. The largest absolute Gasteiger partial charge is 0.442 e. The first-order chi connectivity index (χ1) is 15.9. The first-order valence-electron chi connectivity index (χ1n) is 10.3. The van der Waals surface area contributed by atoms with Crippen molar-refractivity contribution in [1.29, 1.82) is 0 Å². The Hall–Kier alpha value is -3.31. The van der Waals surface area contributed by atoms with Crippen LogP contribution >= 0.6 is 0 Å². The van der Waals surface area contributed by atoms with Crippen molar-refractivity contribution >= 4 is 22.5 Å². The van der Waals surface area contributed by atoms with Crippen LogP contribution in [0, 0.1) is 0 Å². The maximum atomic E-state index is 12.8. The van der Waals surface area contributed by atoms with Gasteiger partial charge in [-0.2, -0.15) is 18.5 Å². The van der Waals surface area contributed by atoms with Crippen molar-refractivity contribution in [3.05, 3.63) is 24.6 Å². The Bertz CT molecular complexity index is 1070. The molecular formula is C16H18N8O8S. The number of hydrogen-bond acceptors (Lipinski definition) is 12. The maximum absolute atomic E-state index is 12.8. The molecule has 0 saturated carbocycles. The first-order valence-corrected chi connectivity index (χ1v) is 11.6. The van der Waals surface area contributed by atoms with Crippen molar-refractivity contribution < 1.29 is 35.4 Å². The summed E-state index contributed by atoms with van der Waals surface area (Å²) in [6.45, 7) is 0.457. The summed E-state index contributed by atoms with van der Waals surface area (Å²) in [5.41, 5.74) is 0. The Morgan fingerprint density at radius 3 is 1.64 bits per heavy atom. The normalized spacial score (nSPS) is 29.5. The van der Waals surface area contributed by atoms with Gasteiger partial charge >= 0.3 is 22.5 Å². The molecule has 6 rings (SSSR count). The lowest BCUT2D eigenvalue weighted by Gasteiger charge is -2.27. The van der Waals surface area contributed by atoms with Crippen LogP contribution in [-0.2, 0) is 19.0 Å². The van der Waals surface area contributed by atoms with Crippen molar-refractivity contribution in [3.8, 4) is 0 Å². The van der Waals surface area contributed by atoms with Gasteiger partial charge in [-0.3, -0.25) is 0 Å². The van der Waals surface area contributed by atoms with Gasteiger partial charge in [0, 0.05) is 13.1 Å². The number of hydroxylamine groups is 4. The lowest BCUT2D eigenvalue weighted by Crippen LogP contribution is -2.41. The van der Waals surface area contributed by atoms with Crippen LogP contribution in [0.5, 0.6) is 0 Å².